The first kappa shape index (κ1) is 8.68. The molecule has 0 atom stereocenters. The topological polar surface area (TPSA) is 70.7 Å². The highest BCUT2D eigenvalue weighted by atomic mass is 16.1. The van der Waals surface area contributed by atoms with Crippen LogP contribution in [0, 0.1) is 0 Å². The van der Waals surface area contributed by atoms with Crippen molar-refractivity contribution >= 4 is 17.1 Å². The van der Waals surface area contributed by atoms with Crippen LogP contribution in [0.15, 0.2) is 18.6 Å². The van der Waals surface area contributed by atoms with Crippen LogP contribution in [0.1, 0.15) is 17.3 Å². The maximum absolute atomic E-state index is 11.5. The molecule has 1 amide bonds. The van der Waals surface area contributed by atoms with Crippen LogP contribution in [0.25, 0.3) is 11.2 Å². The van der Waals surface area contributed by atoms with Gasteiger partial charge in [-0.25, -0.2) is 4.98 Å². The smallest absolute Gasteiger partial charge is 0.255 e. The number of amides is 1. The third-order valence-electron chi connectivity index (χ3n) is 1.89. The molecule has 0 radical (unpaired) electrons. The van der Waals surface area contributed by atoms with Crippen LogP contribution in [0.3, 0.4) is 0 Å². The second-order valence-corrected chi connectivity index (χ2v) is 2.82. The van der Waals surface area contributed by atoms with E-state index in [0.29, 0.717) is 23.3 Å². The Hall–Kier alpha value is -1.91. The molecule has 0 aliphatic heterocycles. The first-order chi connectivity index (χ1) is 6.83. The molecular weight excluding hydrogens is 180 g/mol. The molecule has 0 fully saturated rings. The molecule has 0 spiro atoms. The van der Waals surface area contributed by atoms with Gasteiger partial charge in [-0.05, 0) is 6.92 Å². The van der Waals surface area contributed by atoms with Crippen molar-refractivity contribution in [2.24, 2.45) is 0 Å². The summed E-state index contributed by atoms with van der Waals surface area (Å²) >= 11 is 0. The van der Waals surface area contributed by atoms with E-state index in [9.17, 15) is 4.79 Å². The average molecular weight is 190 g/mol. The van der Waals surface area contributed by atoms with E-state index in [-0.39, 0.29) is 5.91 Å². The van der Waals surface area contributed by atoms with E-state index in [1.165, 1.54) is 0 Å². The SMILES string of the molecule is CCNC(=O)c1c[nH]c2nccnc12. The molecule has 2 aromatic rings. The van der Waals surface area contributed by atoms with Crippen molar-refractivity contribution in [3.05, 3.63) is 24.2 Å². The van der Waals surface area contributed by atoms with Crippen LogP contribution in [0.2, 0.25) is 0 Å². The minimum atomic E-state index is -0.126. The Morgan fingerprint density at radius 1 is 1.50 bits per heavy atom. The van der Waals surface area contributed by atoms with E-state index in [4.69, 9.17) is 0 Å². The summed E-state index contributed by atoms with van der Waals surface area (Å²) in [5, 5.41) is 2.71. The molecule has 0 saturated heterocycles. The number of carbonyl (C=O) groups excluding carboxylic acids is 1. The fourth-order valence-corrected chi connectivity index (χ4v) is 1.28. The molecule has 2 heterocycles. The van der Waals surface area contributed by atoms with Gasteiger partial charge in [-0.1, -0.05) is 0 Å². The summed E-state index contributed by atoms with van der Waals surface area (Å²) in [4.78, 5) is 22.6. The van der Waals surface area contributed by atoms with Gasteiger partial charge in [-0.3, -0.25) is 9.78 Å². The van der Waals surface area contributed by atoms with Gasteiger partial charge in [0.15, 0.2) is 5.65 Å². The minimum absolute atomic E-state index is 0.126. The van der Waals surface area contributed by atoms with E-state index in [2.05, 4.69) is 20.3 Å². The van der Waals surface area contributed by atoms with Crippen molar-refractivity contribution in [3.8, 4) is 0 Å². The van der Waals surface area contributed by atoms with Gasteiger partial charge >= 0.3 is 0 Å². The highest BCUT2D eigenvalue weighted by Crippen LogP contribution is 2.11. The summed E-state index contributed by atoms with van der Waals surface area (Å²) in [6.07, 6.45) is 4.77. The molecular formula is C9H10N4O. The Bertz CT molecular complexity index is 463. The Labute approximate surface area is 80.6 Å². The summed E-state index contributed by atoms with van der Waals surface area (Å²) in [6, 6.07) is 0. The average Bonchev–Trinajstić information content (AvgIpc) is 2.61. The molecule has 0 saturated carbocycles. The van der Waals surface area contributed by atoms with Gasteiger partial charge < -0.3 is 10.3 Å². The number of H-pyrrole nitrogens is 1. The standard InChI is InChI=1S/C9H10N4O/c1-2-10-9(14)6-5-13-8-7(6)11-3-4-12-8/h3-5H,2H2,1H3,(H,10,14)(H,12,13). The number of nitrogens with zero attached hydrogens (tertiary/aromatic N) is 2. The molecule has 0 bridgehead atoms. The molecule has 5 heteroatoms. The predicted molar refractivity (Wildman–Crippen MR) is 51.9 cm³/mol. The molecule has 0 aliphatic carbocycles. The molecule has 2 N–H and O–H groups in total. The van der Waals surface area contributed by atoms with Crippen molar-refractivity contribution in [3.63, 3.8) is 0 Å². The van der Waals surface area contributed by atoms with Gasteiger partial charge in [-0.15, -0.1) is 0 Å². The van der Waals surface area contributed by atoms with Crippen molar-refractivity contribution in [1.82, 2.24) is 20.3 Å². The number of hydrogen-bond acceptors (Lipinski definition) is 3. The van der Waals surface area contributed by atoms with E-state index >= 15 is 0 Å². The summed E-state index contributed by atoms with van der Waals surface area (Å²) in [6.45, 7) is 2.48. The lowest BCUT2D eigenvalue weighted by atomic mass is 10.3. The number of aromatic amines is 1. The van der Waals surface area contributed by atoms with Crippen LogP contribution in [0.4, 0.5) is 0 Å². The third-order valence-corrected chi connectivity index (χ3v) is 1.89. The van der Waals surface area contributed by atoms with Crippen LogP contribution < -0.4 is 5.32 Å². The monoisotopic (exact) mass is 190 g/mol. The summed E-state index contributed by atoms with van der Waals surface area (Å²) in [7, 11) is 0. The third kappa shape index (κ3) is 1.32. The van der Waals surface area contributed by atoms with Gasteiger partial charge in [-0.2, -0.15) is 0 Å². The minimum Gasteiger partial charge on any atom is -0.352 e. The van der Waals surface area contributed by atoms with Gasteiger partial charge in [0, 0.05) is 25.1 Å². The van der Waals surface area contributed by atoms with Gasteiger partial charge in [0.25, 0.3) is 5.91 Å². The van der Waals surface area contributed by atoms with Crippen molar-refractivity contribution < 1.29 is 4.79 Å². The normalized spacial score (nSPS) is 10.4. The Kier molecular flexibility index (Phi) is 2.14. The lowest BCUT2D eigenvalue weighted by Crippen LogP contribution is -2.22. The van der Waals surface area contributed by atoms with Crippen molar-refractivity contribution in [2.45, 2.75) is 6.92 Å². The van der Waals surface area contributed by atoms with Crippen LogP contribution in [0.5, 0.6) is 0 Å². The largest absolute Gasteiger partial charge is 0.352 e. The van der Waals surface area contributed by atoms with E-state index < -0.39 is 0 Å². The van der Waals surface area contributed by atoms with Crippen LogP contribution in [-0.4, -0.2) is 27.4 Å². The Morgan fingerprint density at radius 3 is 3.07 bits per heavy atom. The second-order valence-electron chi connectivity index (χ2n) is 2.82. The molecule has 2 rings (SSSR count). The zero-order valence-electron chi connectivity index (χ0n) is 7.74. The van der Waals surface area contributed by atoms with Crippen molar-refractivity contribution in [2.75, 3.05) is 6.54 Å². The molecule has 2 aromatic heterocycles. The fraction of sp³-hybridized carbons (Fsp3) is 0.222. The molecule has 14 heavy (non-hydrogen) atoms. The first-order valence-electron chi connectivity index (χ1n) is 4.39. The zero-order valence-corrected chi connectivity index (χ0v) is 7.74. The van der Waals surface area contributed by atoms with Crippen molar-refractivity contribution in [1.29, 1.82) is 0 Å². The number of hydrogen-bond donors (Lipinski definition) is 2. The van der Waals surface area contributed by atoms with Gasteiger partial charge in [0.05, 0.1) is 5.56 Å². The summed E-state index contributed by atoms with van der Waals surface area (Å²) in [5.41, 5.74) is 1.78. The number of rotatable bonds is 2. The van der Waals surface area contributed by atoms with Crippen LogP contribution >= 0.6 is 0 Å². The zero-order chi connectivity index (χ0) is 9.97. The Morgan fingerprint density at radius 2 is 2.29 bits per heavy atom. The van der Waals surface area contributed by atoms with Crippen LogP contribution in [-0.2, 0) is 0 Å². The number of aromatic nitrogens is 3. The Balaban J connectivity index is 2.47. The quantitative estimate of drug-likeness (QED) is 0.732. The summed E-state index contributed by atoms with van der Waals surface area (Å²) < 4.78 is 0. The molecule has 0 aromatic carbocycles. The first-order valence-corrected chi connectivity index (χ1v) is 4.39. The fourth-order valence-electron chi connectivity index (χ4n) is 1.28. The lowest BCUT2D eigenvalue weighted by Gasteiger charge is -1.98. The second kappa shape index (κ2) is 3.45. The van der Waals surface area contributed by atoms with E-state index in [1.807, 2.05) is 6.92 Å². The van der Waals surface area contributed by atoms with E-state index in [1.54, 1.807) is 18.6 Å². The van der Waals surface area contributed by atoms with Gasteiger partial charge in [0.1, 0.15) is 5.52 Å². The van der Waals surface area contributed by atoms with Gasteiger partial charge in [0.2, 0.25) is 0 Å². The molecule has 72 valence electrons. The molecule has 0 unspecified atom stereocenters. The number of nitrogens with one attached hydrogen (secondary N) is 2. The molecule has 5 nitrogen and oxygen atoms in total. The highest BCUT2D eigenvalue weighted by molar-refractivity contribution is 6.04. The molecule has 0 aliphatic rings. The number of carbonyl (C=O) groups is 1. The summed E-state index contributed by atoms with van der Waals surface area (Å²) in [5.74, 6) is -0.126. The maximum atomic E-state index is 11.5. The predicted octanol–water partition coefficient (Wildman–Crippen LogP) is 0.708. The number of fused-ring (bicyclic) bond motifs is 1. The van der Waals surface area contributed by atoms with E-state index in [0.717, 1.165) is 0 Å². The lowest BCUT2D eigenvalue weighted by molar-refractivity contribution is 0.0957. The maximum Gasteiger partial charge on any atom is 0.255 e. The highest BCUT2D eigenvalue weighted by Gasteiger charge is 2.11.